The van der Waals surface area contributed by atoms with Crippen molar-refractivity contribution in [3.8, 4) is 0 Å². The van der Waals surface area contributed by atoms with Crippen molar-refractivity contribution in [1.29, 1.82) is 0 Å². The van der Waals surface area contributed by atoms with Crippen molar-refractivity contribution in [1.82, 2.24) is 9.80 Å². The Kier molecular flexibility index (Phi) is 9.29. The van der Waals surface area contributed by atoms with Gasteiger partial charge in [-0.2, -0.15) is 0 Å². The van der Waals surface area contributed by atoms with Gasteiger partial charge in [-0.15, -0.1) is 0 Å². The molecule has 0 bridgehead atoms. The van der Waals surface area contributed by atoms with Gasteiger partial charge in [0.25, 0.3) is 0 Å². The first kappa shape index (κ1) is 13.8. The lowest BCUT2D eigenvalue weighted by atomic mass is 10.4. The van der Waals surface area contributed by atoms with E-state index in [1.165, 1.54) is 13.0 Å². The molecule has 0 radical (unpaired) electrons. The van der Waals surface area contributed by atoms with E-state index in [0.717, 1.165) is 39.3 Å². The minimum Gasteiger partial charge on any atom is -0.329 e. The van der Waals surface area contributed by atoms with Crippen LogP contribution in [0.15, 0.2) is 0 Å². The number of nitrogens with zero attached hydrogens (tertiary/aromatic N) is 2. The fourth-order valence-corrected chi connectivity index (χ4v) is 1.51. The van der Waals surface area contributed by atoms with Crippen LogP contribution >= 0.6 is 0 Å². The van der Waals surface area contributed by atoms with Crippen molar-refractivity contribution in [2.75, 3.05) is 52.9 Å². The van der Waals surface area contributed by atoms with Gasteiger partial charge in [0.05, 0.1) is 0 Å². The molecule has 4 heteroatoms. The highest BCUT2D eigenvalue weighted by atomic mass is 15.2. The summed E-state index contributed by atoms with van der Waals surface area (Å²) in [5.74, 6) is 0. The molecule has 0 saturated heterocycles. The molecule has 14 heavy (non-hydrogen) atoms. The van der Waals surface area contributed by atoms with Crippen molar-refractivity contribution in [3.63, 3.8) is 0 Å². The van der Waals surface area contributed by atoms with Crippen LogP contribution in [-0.2, 0) is 0 Å². The van der Waals surface area contributed by atoms with Gasteiger partial charge in [-0.25, -0.2) is 0 Å². The molecular formula is C10H26N4. The van der Waals surface area contributed by atoms with E-state index in [2.05, 4.69) is 23.8 Å². The topological polar surface area (TPSA) is 58.5 Å². The van der Waals surface area contributed by atoms with Crippen LogP contribution in [0.25, 0.3) is 0 Å². The predicted molar refractivity (Wildman–Crippen MR) is 62.3 cm³/mol. The molecule has 86 valence electrons. The Labute approximate surface area is 88.2 Å². The van der Waals surface area contributed by atoms with E-state index in [0.29, 0.717) is 0 Å². The normalized spacial score (nSPS) is 11.6. The van der Waals surface area contributed by atoms with Gasteiger partial charge in [0.2, 0.25) is 0 Å². The number of rotatable bonds is 9. The third-order valence-electron chi connectivity index (χ3n) is 2.29. The lowest BCUT2D eigenvalue weighted by Gasteiger charge is -2.24. The van der Waals surface area contributed by atoms with Crippen LogP contribution in [0.1, 0.15) is 13.3 Å². The largest absolute Gasteiger partial charge is 0.329 e. The van der Waals surface area contributed by atoms with Crippen molar-refractivity contribution < 1.29 is 0 Å². The van der Waals surface area contributed by atoms with Crippen molar-refractivity contribution in [2.24, 2.45) is 11.5 Å². The summed E-state index contributed by atoms with van der Waals surface area (Å²) in [6.45, 7) is 8.90. The highest BCUT2D eigenvalue weighted by Crippen LogP contribution is 1.90. The molecule has 0 unspecified atom stereocenters. The highest BCUT2D eigenvalue weighted by Gasteiger charge is 2.03. The molecule has 0 aliphatic carbocycles. The summed E-state index contributed by atoms with van der Waals surface area (Å²) >= 11 is 0. The average Bonchev–Trinajstić information content (AvgIpc) is 2.15. The molecule has 0 saturated carbocycles. The summed E-state index contributed by atoms with van der Waals surface area (Å²) in [4.78, 5) is 4.67. The molecule has 0 spiro atoms. The number of hydrogen-bond donors (Lipinski definition) is 2. The smallest absolute Gasteiger partial charge is 0.0110 e. The fourth-order valence-electron chi connectivity index (χ4n) is 1.51. The second-order valence-corrected chi connectivity index (χ2v) is 3.72. The summed E-state index contributed by atoms with van der Waals surface area (Å²) < 4.78 is 0. The van der Waals surface area contributed by atoms with E-state index >= 15 is 0 Å². The van der Waals surface area contributed by atoms with E-state index in [1.807, 2.05) is 0 Å². The maximum absolute atomic E-state index is 5.53. The quantitative estimate of drug-likeness (QED) is 0.531. The third kappa shape index (κ3) is 7.26. The maximum Gasteiger partial charge on any atom is 0.0110 e. The van der Waals surface area contributed by atoms with Gasteiger partial charge in [-0.3, -0.25) is 4.90 Å². The first-order chi connectivity index (χ1) is 6.74. The number of hydrogen-bond acceptors (Lipinski definition) is 4. The first-order valence-corrected chi connectivity index (χ1v) is 5.55. The molecule has 0 amide bonds. The molecule has 0 aliphatic heterocycles. The zero-order valence-corrected chi connectivity index (χ0v) is 9.71. The molecule has 0 heterocycles. The SMILES string of the molecule is CCCN(C)CCN(CCN)CCN. The Balaban J connectivity index is 3.57. The summed E-state index contributed by atoms with van der Waals surface area (Å²) in [5.41, 5.74) is 11.1. The molecular weight excluding hydrogens is 176 g/mol. The zero-order chi connectivity index (χ0) is 10.8. The first-order valence-electron chi connectivity index (χ1n) is 5.55. The maximum atomic E-state index is 5.53. The lowest BCUT2D eigenvalue weighted by Crippen LogP contribution is -2.39. The lowest BCUT2D eigenvalue weighted by molar-refractivity contribution is 0.233. The van der Waals surface area contributed by atoms with E-state index in [4.69, 9.17) is 11.5 Å². The van der Waals surface area contributed by atoms with Gasteiger partial charge in [-0.1, -0.05) is 6.92 Å². The molecule has 0 aliphatic rings. The molecule has 0 aromatic rings. The summed E-state index contributed by atoms with van der Waals surface area (Å²) in [5, 5.41) is 0. The Morgan fingerprint density at radius 3 is 1.86 bits per heavy atom. The van der Waals surface area contributed by atoms with Crippen LogP contribution < -0.4 is 11.5 Å². The van der Waals surface area contributed by atoms with Crippen LogP contribution in [0.4, 0.5) is 0 Å². The van der Waals surface area contributed by atoms with Gasteiger partial charge < -0.3 is 16.4 Å². The number of nitrogens with two attached hydrogens (primary N) is 2. The van der Waals surface area contributed by atoms with Crippen molar-refractivity contribution >= 4 is 0 Å². The summed E-state index contributed by atoms with van der Waals surface area (Å²) in [6.07, 6.45) is 1.21. The fraction of sp³-hybridized carbons (Fsp3) is 1.00. The molecule has 0 fully saturated rings. The zero-order valence-electron chi connectivity index (χ0n) is 9.71. The van der Waals surface area contributed by atoms with Gasteiger partial charge in [0.1, 0.15) is 0 Å². The second-order valence-electron chi connectivity index (χ2n) is 3.72. The van der Waals surface area contributed by atoms with E-state index in [-0.39, 0.29) is 0 Å². The Bertz CT molecular complexity index is 113. The van der Waals surface area contributed by atoms with Gasteiger partial charge in [0.15, 0.2) is 0 Å². The number of likely N-dealkylation sites (N-methyl/N-ethyl adjacent to an activating group) is 1. The van der Waals surface area contributed by atoms with Crippen LogP contribution in [0.2, 0.25) is 0 Å². The van der Waals surface area contributed by atoms with Crippen molar-refractivity contribution in [2.45, 2.75) is 13.3 Å². The average molecular weight is 202 g/mol. The van der Waals surface area contributed by atoms with Gasteiger partial charge in [-0.05, 0) is 20.0 Å². The van der Waals surface area contributed by atoms with Crippen LogP contribution in [0.3, 0.4) is 0 Å². The standard InChI is InChI=1S/C10H26N4/c1-3-6-13(2)9-10-14(7-4-11)8-5-12/h3-12H2,1-2H3. The monoisotopic (exact) mass is 202 g/mol. The van der Waals surface area contributed by atoms with Crippen LogP contribution in [0, 0.1) is 0 Å². The molecule has 4 nitrogen and oxygen atoms in total. The third-order valence-corrected chi connectivity index (χ3v) is 2.29. The molecule has 0 aromatic carbocycles. The summed E-state index contributed by atoms with van der Waals surface area (Å²) in [7, 11) is 2.16. The Morgan fingerprint density at radius 1 is 0.857 bits per heavy atom. The van der Waals surface area contributed by atoms with Crippen molar-refractivity contribution in [3.05, 3.63) is 0 Å². The predicted octanol–water partition coefficient (Wildman–Crippen LogP) is -0.452. The minimum atomic E-state index is 0.720. The summed E-state index contributed by atoms with van der Waals surface area (Å²) in [6, 6.07) is 0. The molecule has 0 atom stereocenters. The Hall–Kier alpha value is -0.160. The van der Waals surface area contributed by atoms with E-state index in [1.54, 1.807) is 0 Å². The Morgan fingerprint density at radius 2 is 1.43 bits per heavy atom. The molecule has 0 aromatic heterocycles. The minimum absolute atomic E-state index is 0.720. The van der Waals surface area contributed by atoms with Gasteiger partial charge in [0, 0.05) is 39.3 Å². The molecule has 0 rings (SSSR count). The van der Waals surface area contributed by atoms with E-state index in [9.17, 15) is 0 Å². The van der Waals surface area contributed by atoms with Gasteiger partial charge >= 0.3 is 0 Å². The second kappa shape index (κ2) is 9.40. The van der Waals surface area contributed by atoms with Crippen LogP contribution in [-0.4, -0.2) is 62.7 Å². The molecule has 4 N–H and O–H groups in total. The highest BCUT2D eigenvalue weighted by molar-refractivity contribution is 4.61. The van der Waals surface area contributed by atoms with E-state index < -0.39 is 0 Å². The van der Waals surface area contributed by atoms with Crippen LogP contribution in [0.5, 0.6) is 0 Å².